The smallest absolute Gasteiger partial charge is 0.122 e. The van der Waals surface area contributed by atoms with Crippen molar-refractivity contribution in [3.8, 4) is 11.5 Å². The van der Waals surface area contributed by atoms with Gasteiger partial charge in [-0.15, -0.1) is 11.6 Å². The summed E-state index contributed by atoms with van der Waals surface area (Å²) in [6, 6.07) is 14.2. The van der Waals surface area contributed by atoms with Crippen LogP contribution in [-0.2, 0) is 12.8 Å². The standard InChI is InChI=1S/C17H17ClO2/c1-19-16-5-3-2-4-13(16)11-15(18)12-6-7-17-14(10-12)8-9-20-17/h2-7,10,15H,8-9,11H2,1H3. The molecule has 20 heavy (non-hydrogen) atoms. The summed E-state index contributed by atoms with van der Waals surface area (Å²) in [6.07, 6.45) is 1.73. The minimum atomic E-state index is -0.0581. The Balaban J connectivity index is 1.81. The van der Waals surface area contributed by atoms with E-state index in [1.54, 1.807) is 7.11 Å². The summed E-state index contributed by atoms with van der Waals surface area (Å²) in [4.78, 5) is 0. The van der Waals surface area contributed by atoms with Crippen molar-refractivity contribution >= 4 is 11.6 Å². The van der Waals surface area contributed by atoms with Crippen LogP contribution in [0.5, 0.6) is 11.5 Å². The number of fused-ring (bicyclic) bond motifs is 1. The lowest BCUT2D eigenvalue weighted by molar-refractivity contribution is 0.357. The summed E-state index contributed by atoms with van der Waals surface area (Å²) in [6.45, 7) is 0.776. The maximum absolute atomic E-state index is 6.58. The van der Waals surface area contributed by atoms with Crippen LogP contribution < -0.4 is 9.47 Å². The molecule has 0 saturated heterocycles. The Bertz CT molecular complexity index is 610. The number of alkyl halides is 1. The van der Waals surface area contributed by atoms with Gasteiger partial charge in [-0.1, -0.05) is 30.3 Å². The van der Waals surface area contributed by atoms with E-state index in [1.807, 2.05) is 24.3 Å². The van der Waals surface area contributed by atoms with E-state index >= 15 is 0 Å². The van der Waals surface area contributed by atoms with Crippen LogP contribution in [0.15, 0.2) is 42.5 Å². The summed E-state index contributed by atoms with van der Waals surface area (Å²) >= 11 is 6.58. The second kappa shape index (κ2) is 5.76. The first-order chi connectivity index (χ1) is 9.78. The zero-order chi connectivity index (χ0) is 13.9. The number of para-hydroxylation sites is 1. The van der Waals surface area contributed by atoms with Gasteiger partial charge in [0.05, 0.1) is 19.1 Å². The first-order valence-electron chi connectivity index (χ1n) is 6.79. The van der Waals surface area contributed by atoms with Crippen LogP contribution in [0.2, 0.25) is 0 Å². The second-order valence-corrected chi connectivity index (χ2v) is 5.48. The van der Waals surface area contributed by atoms with E-state index in [-0.39, 0.29) is 5.38 Å². The number of hydrogen-bond acceptors (Lipinski definition) is 2. The molecule has 3 rings (SSSR count). The molecule has 0 bridgehead atoms. The summed E-state index contributed by atoms with van der Waals surface area (Å²) in [5, 5.41) is -0.0581. The third-order valence-corrected chi connectivity index (χ3v) is 4.07. The largest absolute Gasteiger partial charge is 0.496 e. The topological polar surface area (TPSA) is 18.5 Å². The zero-order valence-corrected chi connectivity index (χ0v) is 12.2. The van der Waals surface area contributed by atoms with Crippen molar-refractivity contribution in [1.29, 1.82) is 0 Å². The molecule has 0 radical (unpaired) electrons. The third-order valence-electron chi connectivity index (χ3n) is 3.67. The van der Waals surface area contributed by atoms with E-state index in [0.717, 1.165) is 42.1 Å². The highest BCUT2D eigenvalue weighted by atomic mass is 35.5. The van der Waals surface area contributed by atoms with Gasteiger partial charge in [0.25, 0.3) is 0 Å². The molecule has 2 nitrogen and oxygen atoms in total. The van der Waals surface area contributed by atoms with E-state index < -0.39 is 0 Å². The summed E-state index contributed by atoms with van der Waals surface area (Å²) < 4.78 is 10.9. The highest BCUT2D eigenvalue weighted by Crippen LogP contribution is 2.33. The lowest BCUT2D eigenvalue weighted by Gasteiger charge is -2.13. The van der Waals surface area contributed by atoms with E-state index in [1.165, 1.54) is 5.56 Å². The average Bonchev–Trinajstić information content (AvgIpc) is 2.95. The Labute approximate surface area is 124 Å². The second-order valence-electron chi connectivity index (χ2n) is 4.95. The lowest BCUT2D eigenvalue weighted by atomic mass is 10.0. The van der Waals surface area contributed by atoms with Crippen LogP contribution in [-0.4, -0.2) is 13.7 Å². The Morgan fingerprint density at radius 3 is 2.95 bits per heavy atom. The van der Waals surface area contributed by atoms with Crippen molar-refractivity contribution in [3.05, 3.63) is 59.2 Å². The van der Waals surface area contributed by atoms with Crippen molar-refractivity contribution < 1.29 is 9.47 Å². The molecule has 0 N–H and O–H groups in total. The fourth-order valence-corrected chi connectivity index (χ4v) is 2.89. The fourth-order valence-electron chi connectivity index (χ4n) is 2.58. The van der Waals surface area contributed by atoms with Gasteiger partial charge in [-0.2, -0.15) is 0 Å². The molecule has 0 saturated carbocycles. The normalized spacial score (nSPS) is 14.5. The van der Waals surface area contributed by atoms with Crippen molar-refractivity contribution in [2.24, 2.45) is 0 Å². The van der Waals surface area contributed by atoms with Gasteiger partial charge in [-0.05, 0) is 35.2 Å². The summed E-state index contributed by atoms with van der Waals surface area (Å²) in [7, 11) is 1.69. The Kier molecular flexibility index (Phi) is 3.83. The molecule has 0 spiro atoms. The van der Waals surface area contributed by atoms with Crippen LogP contribution in [0.25, 0.3) is 0 Å². The van der Waals surface area contributed by atoms with Gasteiger partial charge in [-0.25, -0.2) is 0 Å². The highest BCUT2D eigenvalue weighted by Gasteiger charge is 2.17. The quantitative estimate of drug-likeness (QED) is 0.787. The predicted molar refractivity (Wildman–Crippen MR) is 80.9 cm³/mol. The minimum Gasteiger partial charge on any atom is -0.496 e. The van der Waals surface area contributed by atoms with Crippen LogP contribution >= 0.6 is 11.6 Å². The van der Waals surface area contributed by atoms with Crippen LogP contribution in [0, 0.1) is 0 Å². The first-order valence-corrected chi connectivity index (χ1v) is 7.23. The van der Waals surface area contributed by atoms with E-state index in [9.17, 15) is 0 Å². The first kappa shape index (κ1) is 13.3. The number of methoxy groups -OCH3 is 1. The Morgan fingerprint density at radius 2 is 2.10 bits per heavy atom. The molecule has 1 unspecified atom stereocenters. The highest BCUT2D eigenvalue weighted by molar-refractivity contribution is 6.21. The Hall–Kier alpha value is -1.67. The number of benzene rings is 2. The van der Waals surface area contributed by atoms with E-state index in [0.29, 0.717) is 0 Å². The van der Waals surface area contributed by atoms with Crippen LogP contribution in [0.4, 0.5) is 0 Å². The van der Waals surface area contributed by atoms with Gasteiger partial charge < -0.3 is 9.47 Å². The van der Waals surface area contributed by atoms with Crippen LogP contribution in [0.3, 0.4) is 0 Å². The fraction of sp³-hybridized carbons (Fsp3) is 0.294. The molecule has 3 heteroatoms. The number of hydrogen-bond donors (Lipinski definition) is 0. The van der Waals surface area contributed by atoms with Gasteiger partial charge in [0.2, 0.25) is 0 Å². The number of rotatable bonds is 4. The lowest BCUT2D eigenvalue weighted by Crippen LogP contribution is -1.99. The van der Waals surface area contributed by atoms with Gasteiger partial charge in [0, 0.05) is 6.42 Å². The van der Waals surface area contributed by atoms with E-state index in [2.05, 4.69) is 18.2 Å². The molecule has 1 heterocycles. The number of ether oxygens (including phenoxy) is 2. The van der Waals surface area contributed by atoms with E-state index in [4.69, 9.17) is 21.1 Å². The molecule has 0 aromatic heterocycles. The molecular formula is C17H17ClO2. The molecule has 2 aromatic rings. The van der Waals surface area contributed by atoms with Gasteiger partial charge in [-0.3, -0.25) is 0 Å². The minimum absolute atomic E-state index is 0.0581. The zero-order valence-electron chi connectivity index (χ0n) is 11.4. The molecule has 0 amide bonds. The third kappa shape index (κ3) is 2.61. The number of halogens is 1. The Morgan fingerprint density at radius 1 is 1.25 bits per heavy atom. The van der Waals surface area contributed by atoms with Crippen LogP contribution in [0.1, 0.15) is 22.1 Å². The molecule has 0 fully saturated rings. The van der Waals surface area contributed by atoms with Gasteiger partial charge >= 0.3 is 0 Å². The molecule has 1 atom stereocenters. The maximum Gasteiger partial charge on any atom is 0.122 e. The summed E-state index contributed by atoms with van der Waals surface area (Å²) in [5.41, 5.74) is 3.53. The van der Waals surface area contributed by atoms with Gasteiger partial charge in [0.15, 0.2) is 0 Å². The van der Waals surface area contributed by atoms with Crippen molar-refractivity contribution in [2.75, 3.05) is 13.7 Å². The maximum atomic E-state index is 6.58. The summed E-state index contributed by atoms with van der Waals surface area (Å²) in [5.74, 6) is 1.89. The SMILES string of the molecule is COc1ccccc1CC(Cl)c1ccc2c(c1)CCO2. The monoisotopic (exact) mass is 288 g/mol. The molecule has 0 aliphatic carbocycles. The molecular weight excluding hydrogens is 272 g/mol. The predicted octanol–water partition coefficient (Wildman–Crippen LogP) is 4.15. The molecule has 1 aliphatic heterocycles. The van der Waals surface area contributed by atoms with Crippen molar-refractivity contribution in [2.45, 2.75) is 18.2 Å². The molecule has 2 aromatic carbocycles. The average molecular weight is 289 g/mol. The molecule has 1 aliphatic rings. The van der Waals surface area contributed by atoms with Crippen molar-refractivity contribution in [3.63, 3.8) is 0 Å². The van der Waals surface area contributed by atoms with Crippen molar-refractivity contribution in [1.82, 2.24) is 0 Å². The molecule has 104 valence electrons. The van der Waals surface area contributed by atoms with Gasteiger partial charge in [0.1, 0.15) is 11.5 Å².